The van der Waals surface area contributed by atoms with Crippen molar-refractivity contribution in [1.82, 2.24) is 9.78 Å². The standard InChI is InChI=1S/C18H14Cl4N2S2/c1-24-18(22)13(9-26-17-14(20)3-2-4-15(17)21)16(23-24)10-25-12-7-5-11(19)6-8-12/h2-8H,9-10H2,1H3. The topological polar surface area (TPSA) is 17.8 Å². The van der Waals surface area contributed by atoms with E-state index in [0.717, 1.165) is 26.1 Å². The Morgan fingerprint density at radius 3 is 2.19 bits per heavy atom. The summed E-state index contributed by atoms with van der Waals surface area (Å²) in [5.41, 5.74) is 1.95. The summed E-state index contributed by atoms with van der Waals surface area (Å²) in [6, 6.07) is 13.2. The van der Waals surface area contributed by atoms with Crippen LogP contribution in [0.15, 0.2) is 52.3 Å². The van der Waals surface area contributed by atoms with E-state index in [4.69, 9.17) is 46.4 Å². The second kappa shape index (κ2) is 9.13. The van der Waals surface area contributed by atoms with Crippen molar-refractivity contribution in [2.24, 2.45) is 7.05 Å². The van der Waals surface area contributed by atoms with Crippen LogP contribution in [0.25, 0.3) is 0 Å². The van der Waals surface area contributed by atoms with E-state index >= 15 is 0 Å². The number of halogens is 4. The van der Waals surface area contributed by atoms with Crippen molar-refractivity contribution < 1.29 is 0 Å². The highest BCUT2D eigenvalue weighted by Gasteiger charge is 2.16. The molecular weight excluding hydrogens is 450 g/mol. The van der Waals surface area contributed by atoms with E-state index in [1.54, 1.807) is 28.2 Å². The molecule has 0 atom stereocenters. The van der Waals surface area contributed by atoms with Crippen molar-refractivity contribution in [2.75, 3.05) is 0 Å². The summed E-state index contributed by atoms with van der Waals surface area (Å²) in [4.78, 5) is 1.98. The molecule has 26 heavy (non-hydrogen) atoms. The smallest absolute Gasteiger partial charge is 0.131 e. The molecule has 3 aromatic rings. The molecule has 0 fully saturated rings. The molecule has 0 aliphatic rings. The van der Waals surface area contributed by atoms with Crippen LogP contribution in [0.5, 0.6) is 0 Å². The molecule has 0 radical (unpaired) electrons. The van der Waals surface area contributed by atoms with Crippen LogP contribution >= 0.6 is 69.9 Å². The van der Waals surface area contributed by atoms with Gasteiger partial charge in [0.05, 0.1) is 15.7 Å². The Labute approximate surface area is 181 Å². The molecule has 0 spiro atoms. The highest BCUT2D eigenvalue weighted by Crippen LogP contribution is 2.38. The van der Waals surface area contributed by atoms with Gasteiger partial charge in [-0.05, 0) is 36.4 Å². The molecule has 0 saturated carbocycles. The summed E-state index contributed by atoms with van der Waals surface area (Å²) < 4.78 is 1.70. The van der Waals surface area contributed by atoms with E-state index in [1.807, 2.05) is 49.5 Å². The number of benzene rings is 2. The van der Waals surface area contributed by atoms with Gasteiger partial charge in [-0.15, -0.1) is 23.5 Å². The van der Waals surface area contributed by atoms with E-state index in [2.05, 4.69) is 5.10 Å². The molecule has 136 valence electrons. The van der Waals surface area contributed by atoms with Gasteiger partial charge in [-0.1, -0.05) is 52.5 Å². The first-order chi connectivity index (χ1) is 12.5. The molecule has 2 nitrogen and oxygen atoms in total. The van der Waals surface area contributed by atoms with Crippen LogP contribution in [0, 0.1) is 0 Å². The maximum Gasteiger partial charge on any atom is 0.131 e. The van der Waals surface area contributed by atoms with Crippen molar-refractivity contribution >= 4 is 69.9 Å². The molecule has 0 unspecified atom stereocenters. The van der Waals surface area contributed by atoms with Gasteiger partial charge >= 0.3 is 0 Å². The van der Waals surface area contributed by atoms with Crippen molar-refractivity contribution in [3.8, 4) is 0 Å². The van der Waals surface area contributed by atoms with Crippen molar-refractivity contribution in [3.05, 3.63) is 73.9 Å². The minimum Gasteiger partial charge on any atom is -0.256 e. The highest BCUT2D eigenvalue weighted by atomic mass is 35.5. The molecular formula is C18H14Cl4N2S2. The predicted molar refractivity (Wildman–Crippen MR) is 115 cm³/mol. The van der Waals surface area contributed by atoms with Gasteiger partial charge in [0, 0.05) is 38.9 Å². The van der Waals surface area contributed by atoms with Crippen molar-refractivity contribution in [1.29, 1.82) is 0 Å². The lowest BCUT2D eigenvalue weighted by atomic mass is 10.3. The number of rotatable bonds is 6. The van der Waals surface area contributed by atoms with E-state index in [0.29, 0.717) is 26.7 Å². The lowest BCUT2D eigenvalue weighted by Gasteiger charge is -2.07. The maximum atomic E-state index is 6.46. The Hall–Kier alpha value is -0.490. The fraction of sp³-hybridized carbons (Fsp3) is 0.167. The number of nitrogens with zero attached hydrogens (tertiary/aromatic N) is 2. The van der Waals surface area contributed by atoms with Crippen LogP contribution in [0.1, 0.15) is 11.3 Å². The third kappa shape index (κ3) is 4.86. The SMILES string of the molecule is Cn1nc(CSc2ccc(Cl)cc2)c(CSc2c(Cl)cccc2Cl)c1Cl. The van der Waals surface area contributed by atoms with Gasteiger partial charge in [-0.3, -0.25) is 4.68 Å². The quantitative estimate of drug-likeness (QED) is 0.350. The molecule has 0 bridgehead atoms. The number of aromatic nitrogens is 2. The van der Waals surface area contributed by atoms with E-state index in [-0.39, 0.29) is 0 Å². The summed E-state index contributed by atoms with van der Waals surface area (Å²) in [5, 5.41) is 7.19. The van der Waals surface area contributed by atoms with Gasteiger partial charge < -0.3 is 0 Å². The van der Waals surface area contributed by atoms with Crippen LogP contribution in [-0.2, 0) is 18.6 Å². The Balaban J connectivity index is 1.75. The Morgan fingerprint density at radius 1 is 0.885 bits per heavy atom. The third-order valence-corrected chi connectivity index (χ3v) is 7.38. The van der Waals surface area contributed by atoms with Gasteiger partial charge in [0.15, 0.2) is 0 Å². The van der Waals surface area contributed by atoms with Gasteiger partial charge in [0.25, 0.3) is 0 Å². The molecule has 0 aliphatic carbocycles. The minimum absolute atomic E-state index is 0.632. The summed E-state index contributed by atoms with van der Waals surface area (Å²) in [7, 11) is 1.84. The van der Waals surface area contributed by atoms with Crippen LogP contribution in [0.4, 0.5) is 0 Å². The van der Waals surface area contributed by atoms with Crippen LogP contribution < -0.4 is 0 Å². The predicted octanol–water partition coefficient (Wildman–Crippen LogP) is 7.62. The summed E-state index contributed by atoms with van der Waals surface area (Å²) in [5.74, 6) is 1.36. The Morgan fingerprint density at radius 2 is 1.54 bits per heavy atom. The van der Waals surface area contributed by atoms with Crippen molar-refractivity contribution in [2.45, 2.75) is 21.3 Å². The fourth-order valence-electron chi connectivity index (χ4n) is 2.31. The average molecular weight is 464 g/mol. The molecule has 1 heterocycles. The van der Waals surface area contributed by atoms with Crippen LogP contribution in [-0.4, -0.2) is 9.78 Å². The highest BCUT2D eigenvalue weighted by molar-refractivity contribution is 7.99. The molecule has 0 saturated heterocycles. The lowest BCUT2D eigenvalue weighted by molar-refractivity contribution is 0.755. The van der Waals surface area contributed by atoms with Gasteiger partial charge in [-0.2, -0.15) is 5.10 Å². The summed E-state index contributed by atoms with van der Waals surface area (Å²) in [6.07, 6.45) is 0. The van der Waals surface area contributed by atoms with E-state index in [9.17, 15) is 0 Å². The van der Waals surface area contributed by atoms with Gasteiger partial charge in [0.1, 0.15) is 5.15 Å². The van der Waals surface area contributed by atoms with Crippen molar-refractivity contribution in [3.63, 3.8) is 0 Å². The molecule has 0 aliphatic heterocycles. The number of thioether (sulfide) groups is 2. The van der Waals surface area contributed by atoms with Crippen LogP contribution in [0.2, 0.25) is 20.2 Å². The second-order valence-corrected chi connectivity index (χ2v) is 9.06. The summed E-state index contributed by atoms with van der Waals surface area (Å²) in [6.45, 7) is 0. The Bertz CT molecular complexity index is 890. The normalized spacial score (nSPS) is 11.1. The zero-order valence-electron chi connectivity index (χ0n) is 13.7. The largest absolute Gasteiger partial charge is 0.256 e. The number of hydrogen-bond donors (Lipinski definition) is 0. The zero-order valence-corrected chi connectivity index (χ0v) is 18.3. The molecule has 3 rings (SSSR count). The van der Waals surface area contributed by atoms with Crippen LogP contribution in [0.3, 0.4) is 0 Å². The molecule has 8 heteroatoms. The summed E-state index contributed by atoms with van der Waals surface area (Å²) >= 11 is 28.2. The maximum absolute atomic E-state index is 6.46. The van der Waals surface area contributed by atoms with Gasteiger partial charge in [0.2, 0.25) is 0 Å². The monoisotopic (exact) mass is 462 g/mol. The van der Waals surface area contributed by atoms with E-state index in [1.165, 1.54) is 0 Å². The minimum atomic E-state index is 0.632. The fourth-order valence-corrected chi connectivity index (χ4v) is 5.32. The zero-order chi connectivity index (χ0) is 18.7. The van der Waals surface area contributed by atoms with E-state index < -0.39 is 0 Å². The first kappa shape index (κ1) is 20.2. The molecule has 2 aromatic carbocycles. The third-order valence-electron chi connectivity index (χ3n) is 3.62. The lowest BCUT2D eigenvalue weighted by Crippen LogP contribution is -1.91. The average Bonchev–Trinajstić information content (AvgIpc) is 2.88. The number of hydrogen-bond acceptors (Lipinski definition) is 3. The first-order valence-electron chi connectivity index (χ1n) is 7.61. The number of aryl methyl sites for hydroxylation is 1. The molecule has 0 amide bonds. The second-order valence-electron chi connectivity index (χ2n) is 5.42. The molecule has 1 aromatic heterocycles. The van der Waals surface area contributed by atoms with Gasteiger partial charge in [-0.25, -0.2) is 0 Å². The molecule has 0 N–H and O–H groups in total. The Kier molecular flexibility index (Phi) is 7.11. The first-order valence-corrected chi connectivity index (χ1v) is 11.1.